The highest BCUT2D eigenvalue weighted by atomic mass is 16.5. The standard InChI is InChI=1S/C12H18O3/c1-3-4-5-8-12(11(14)15-2)9-6-7-10(12)13/h4-5H,3,6-9H2,1-2H3/b5-4+. The van der Waals surface area contributed by atoms with Crippen molar-refractivity contribution in [1.82, 2.24) is 0 Å². The van der Waals surface area contributed by atoms with Gasteiger partial charge >= 0.3 is 5.97 Å². The molecule has 3 nitrogen and oxygen atoms in total. The van der Waals surface area contributed by atoms with Gasteiger partial charge in [-0.05, 0) is 25.7 Å². The van der Waals surface area contributed by atoms with Gasteiger partial charge in [0.1, 0.15) is 5.41 Å². The smallest absolute Gasteiger partial charge is 0.319 e. The van der Waals surface area contributed by atoms with Gasteiger partial charge in [0.25, 0.3) is 0 Å². The van der Waals surface area contributed by atoms with Crippen LogP contribution in [0.15, 0.2) is 12.2 Å². The van der Waals surface area contributed by atoms with Gasteiger partial charge in [-0.25, -0.2) is 0 Å². The second-order valence-electron chi connectivity index (χ2n) is 3.93. The van der Waals surface area contributed by atoms with Gasteiger partial charge in [-0.1, -0.05) is 19.1 Å². The van der Waals surface area contributed by atoms with E-state index in [0.717, 1.165) is 12.8 Å². The Labute approximate surface area is 90.5 Å². The molecule has 0 aliphatic heterocycles. The lowest BCUT2D eigenvalue weighted by Gasteiger charge is -2.22. The first-order valence-electron chi connectivity index (χ1n) is 5.44. The fourth-order valence-electron chi connectivity index (χ4n) is 2.09. The zero-order valence-electron chi connectivity index (χ0n) is 9.41. The quantitative estimate of drug-likeness (QED) is 0.406. The number of hydrogen-bond acceptors (Lipinski definition) is 3. The molecule has 1 aliphatic rings. The van der Waals surface area contributed by atoms with Crippen LogP contribution in [0.25, 0.3) is 0 Å². The number of allylic oxidation sites excluding steroid dienone is 2. The number of carbonyl (C=O) groups excluding carboxylic acids is 2. The predicted molar refractivity (Wildman–Crippen MR) is 57.4 cm³/mol. The third-order valence-corrected chi connectivity index (χ3v) is 2.99. The Bertz CT molecular complexity index is 281. The highest BCUT2D eigenvalue weighted by molar-refractivity contribution is 6.05. The van der Waals surface area contributed by atoms with Crippen LogP contribution >= 0.6 is 0 Å². The molecule has 0 bridgehead atoms. The Kier molecular flexibility index (Phi) is 4.06. The Morgan fingerprint density at radius 1 is 1.53 bits per heavy atom. The lowest BCUT2D eigenvalue weighted by atomic mass is 9.81. The van der Waals surface area contributed by atoms with E-state index in [1.54, 1.807) is 0 Å². The van der Waals surface area contributed by atoms with E-state index in [4.69, 9.17) is 4.74 Å². The van der Waals surface area contributed by atoms with Crippen molar-refractivity contribution in [3.8, 4) is 0 Å². The molecule has 1 fully saturated rings. The molecule has 0 aromatic rings. The summed E-state index contributed by atoms with van der Waals surface area (Å²) in [5.41, 5.74) is -0.875. The summed E-state index contributed by atoms with van der Waals surface area (Å²) >= 11 is 0. The minimum Gasteiger partial charge on any atom is -0.468 e. The first kappa shape index (κ1) is 12.0. The molecule has 0 amide bonds. The Hall–Kier alpha value is -1.12. The van der Waals surface area contributed by atoms with Gasteiger partial charge in [0.15, 0.2) is 5.78 Å². The summed E-state index contributed by atoms with van der Waals surface area (Å²) in [6.07, 6.45) is 7.25. The van der Waals surface area contributed by atoms with E-state index in [1.165, 1.54) is 7.11 Å². The monoisotopic (exact) mass is 210 g/mol. The van der Waals surface area contributed by atoms with E-state index in [1.807, 2.05) is 19.1 Å². The molecule has 0 saturated heterocycles. The highest BCUT2D eigenvalue weighted by Crippen LogP contribution is 2.39. The van der Waals surface area contributed by atoms with E-state index < -0.39 is 5.41 Å². The molecule has 84 valence electrons. The summed E-state index contributed by atoms with van der Waals surface area (Å²) in [6, 6.07) is 0. The number of ketones is 1. The number of esters is 1. The van der Waals surface area contributed by atoms with Crippen molar-refractivity contribution in [2.24, 2.45) is 5.41 Å². The molecule has 0 heterocycles. The zero-order chi connectivity index (χ0) is 11.3. The molecule has 0 aromatic carbocycles. The summed E-state index contributed by atoms with van der Waals surface area (Å²) in [6.45, 7) is 2.03. The highest BCUT2D eigenvalue weighted by Gasteiger charge is 2.48. The van der Waals surface area contributed by atoms with Gasteiger partial charge in [0, 0.05) is 6.42 Å². The van der Waals surface area contributed by atoms with Gasteiger partial charge in [-0.2, -0.15) is 0 Å². The SMILES string of the molecule is CC/C=C/CC1(C(=O)OC)CCCC1=O. The molecule has 1 rings (SSSR count). The lowest BCUT2D eigenvalue weighted by Crippen LogP contribution is -2.35. The van der Waals surface area contributed by atoms with E-state index in [9.17, 15) is 9.59 Å². The van der Waals surface area contributed by atoms with Crippen molar-refractivity contribution < 1.29 is 14.3 Å². The molecule has 0 aromatic heterocycles. The summed E-state index contributed by atoms with van der Waals surface area (Å²) in [7, 11) is 1.35. The van der Waals surface area contributed by atoms with Crippen LogP contribution in [0.5, 0.6) is 0 Å². The van der Waals surface area contributed by atoms with Gasteiger partial charge in [0.2, 0.25) is 0 Å². The summed E-state index contributed by atoms with van der Waals surface area (Å²) in [4.78, 5) is 23.4. The molecule has 0 N–H and O–H groups in total. The van der Waals surface area contributed by atoms with Crippen molar-refractivity contribution in [3.63, 3.8) is 0 Å². The van der Waals surface area contributed by atoms with Crippen LogP contribution in [-0.2, 0) is 14.3 Å². The summed E-state index contributed by atoms with van der Waals surface area (Å²) < 4.78 is 4.74. The van der Waals surface area contributed by atoms with Crippen molar-refractivity contribution in [1.29, 1.82) is 0 Å². The topological polar surface area (TPSA) is 43.4 Å². The van der Waals surface area contributed by atoms with Crippen LogP contribution in [0.3, 0.4) is 0 Å². The van der Waals surface area contributed by atoms with Crippen LogP contribution in [-0.4, -0.2) is 18.9 Å². The molecule has 1 unspecified atom stereocenters. The number of carbonyl (C=O) groups is 2. The molecule has 1 saturated carbocycles. The van der Waals surface area contributed by atoms with Gasteiger partial charge in [-0.15, -0.1) is 0 Å². The zero-order valence-corrected chi connectivity index (χ0v) is 9.41. The van der Waals surface area contributed by atoms with Gasteiger partial charge in [0.05, 0.1) is 7.11 Å². The maximum Gasteiger partial charge on any atom is 0.319 e. The largest absolute Gasteiger partial charge is 0.468 e. The number of Topliss-reactive ketones (excluding diaryl/α,β-unsaturated/α-hetero) is 1. The first-order chi connectivity index (χ1) is 7.17. The van der Waals surface area contributed by atoms with Crippen molar-refractivity contribution in [2.45, 2.75) is 39.0 Å². The maximum absolute atomic E-state index is 11.8. The lowest BCUT2D eigenvalue weighted by molar-refractivity contribution is -0.156. The minimum absolute atomic E-state index is 0.0371. The molecule has 15 heavy (non-hydrogen) atoms. The number of methoxy groups -OCH3 is 1. The van der Waals surface area contributed by atoms with Crippen LogP contribution in [0.1, 0.15) is 39.0 Å². The van der Waals surface area contributed by atoms with E-state index in [-0.39, 0.29) is 11.8 Å². The van der Waals surface area contributed by atoms with Crippen LogP contribution in [0.2, 0.25) is 0 Å². The van der Waals surface area contributed by atoms with Gasteiger partial charge < -0.3 is 4.74 Å². The maximum atomic E-state index is 11.8. The van der Waals surface area contributed by atoms with E-state index in [0.29, 0.717) is 19.3 Å². The summed E-state index contributed by atoms with van der Waals surface area (Å²) in [5, 5.41) is 0. The molecule has 3 heteroatoms. The summed E-state index contributed by atoms with van der Waals surface area (Å²) in [5.74, 6) is -0.333. The van der Waals surface area contributed by atoms with E-state index in [2.05, 4.69) is 0 Å². The Morgan fingerprint density at radius 2 is 2.27 bits per heavy atom. The second kappa shape index (κ2) is 5.10. The Balaban J connectivity index is 2.81. The molecule has 1 atom stereocenters. The van der Waals surface area contributed by atoms with Crippen LogP contribution in [0.4, 0.5) is 0 Å². The van der Waals surface area contributed by atoms with Crippen LogP contribution in [0, 0.1) is 5.41 Å². The fourth-order valence-corrected chi connectivity index (χ4v) is 2.09. The van der Waals surface area contributed by atoms with Crippen molar-refractivity contribution >= 4 is 11.8 Å². The van der Waals surface area contributed by atoms with Crippen molar-refractivity contribution in [2.75, 3.05) is 7.11 Å². The predicted octanol–water partition coefficient (Wildman–Crippen LogP) is 2.26. The molecular weight excluding hydrogens is 192 g/mol. The number of ether oxygens (including phenoxy) is 1. The fraction of sp³-hybridized carbons (Fsp3) is 0.667. The molecule has 0 radical (unpaired) electrons. The number of hydrogen-bond donors (Lipinski definition) is 0. The van der Waals surface area contributed by atoms with E-state index >= 15 is 0 Å². The first-order valence-corrected chi connectivity index (χ1v) is 5.44. The molecular formula is C12H18O3. The number of rotatable bonds is 4. The van der Waals surface area contributed by atoms with Crippen LogP contribution < -0.4 is 0 Å². The Morgan fingerprint density at radius 3 is 2.73 bits per heavy atom. The van der Waals surface area contributed by atoms with Gasteiger partial charge in [-0.3, -0.25) is 9.59 Å². The molecule has 0 spiro atoms. The normalized spacial score (nSPS) is 26.1. The third-order valence-electron chi connectivity index (χ3n) is 2.99. The molecule has 1 aliphatic carbocycles. The average Bonchev–Trinajstić information content (AvgIpc) is 2.61. The minimum atomic E-state index is -0.875. The van der Waals surface area contributed by atoms with Crippen molar-refractivity contribution in [3.05, 3.63) is 12.2 Å². The second-order valence-corrected chi connectivity index (χ2v) is 3.93. The third kappa shape index (κ3) is 2.28. The average molecular weight is 210 g/mol.